The Morgan fingerprint density at radius 3 is 1.71 bits per heavy atom. The average Bonchev–Trinajstić information content (AvgIpc) is 1.35. The first-order chi connectivity index (χ1) is 2.56. The molecule has 0 bridgehead atoms. The normalized spacial score (nSPS) is 10.0. The monoisotopic (exact) mass is 120 g/mol. The topological polar surface area (TPSA) is 60.2 Å². The van der Waals surface area contributed by atoms with Crippen LogP contribution in [-0.4, -0.2) is 33.3 Å². The zero-order valence-electron chi connectivity index (χ0n) is 3.89. The van der Waals surface area contributed by atoms with Crippen molar-refractivity contribution in [2.75, 3.05) is 6.01 Å². The number of hydrogen-bond donors (Lipinski definition) is 1. The van der Waals surface area contributed by atoms with Gasteiger partial charge < -0.3 is 0 Å². The van der Waals surface area contributed by atoms with E-state index >= 15 is 0 Å². The minimum absolute atomic E-state index is 0. The van der Waals surface area contributed by atoms with Crippen LogP contribution in [0.3, 0.4) is 0 Å². The Morgan fingerprint density at radius 2 is 1.71 bits per heavy atom. The second kappa shape index (κ2) is 3.44. The molecular formula is CH4FLiNO2S. The second-order valence-electron chi connectivity index (χ2n) is 0.772. The fourth-order valence-electron chi connectivity index (χ4n) is 0. The second-order valence-corrected chi connectivity index (χ2v) is 2.32. The zero-order chi connectivity index (χ0) is 5.21. The summed E-state index contributed by atoms with van der Waals surface area (Å²) in [6.45, 7) is 0. The van der Waals surface area contributed by atoms with Crippen LogP contribution in [0.4, 0.5) is 4.39 Å². The number of halogens is 1. The van der Waals surface area contributed by atoms with E-state index in [0.717, 1.165) is 0 Å². The zero-order valence-corrected chi connectivity index (χ0v) is 4.70. The molecule has 0 unspecified atom stereocenters. The van der Waals surface area contributed by atoms with Gasteiger partial charge in [-0.1, -0.05) is 0 Å². The molecule has 7 heavy (non-hydrogen) atoms. The van der Waals surface area contributed by atoms with Crippen LogP contribution in [0.1, 0.15) is 0 Å². The minimum atomic E-state index is -3.83. The van der Waals surface area contributed by atoms with Crippen LogP contribution in [0.15, 0.2) is 0 Å². The molecule has 0 atom stereocenters. The number of sulfonamides is 1. The van der Waals surface area contributed by atoms with E-state index in [9.17, 15) is 12.8 Å². The first-order valence-electron chi connectivity index (χ1n) is 1.12. The van der Waals surface area contributed by atoms with Crippen LogP contribution in [0.2, 0.25) is 0 Å². The molecule has 0 spiro atoms. The standard InChI is InChI=1S/CH4FNO2S.Li/c2-1-6(3,4)5;/h1H2,(H2,3,4,5);. The molecule has 0 heterocycles. The van der Waals surface area contributed by atoms with Crippen molar-refractivity contribution in [3.05, 3.63) is 0 Å². The summed E-state index contributed by atoms with van der Waals surface area (Å²) < 4.78 is 29.6. The number of hydrogen-bond acceptors (Lipinski definition) is 2. The predicted molar refractivity (Wildman–Crippen MR) is 24.8 cm³/mol. The molecule has 0 aromatic heterocycles. The summed E-state index contributed by atoms with van der Waals surface area (Å²) in [5.41, 5.74) is 0. The first-order valence-corrected chi connectivity index (χ1v) is 2.84. The van der Waals surface area contributed by atoms with Crippen molar-refractivity contribution in [3.8, 4) is 0 Å². The molecule has 39 valence electrons. The van der Waals surface area contributed by atoms with Gasteiger partial charge in [0.05, 0.1) is 0 Å². The molecule has 0 aliphatic rings. The fourth-order valence-corrected chi connectivity index (χ4v) is 0. The van der Waals surface area contributed by atoms with Crippen LogP contribution in [0.5, 0.6) is 0 Å². The van der Waals surface area contributed by atoms with Gasteiger partial charge in [-0.2, -0.15) is 0 Å². The first kappa shape index (κ1) is 10.4. The van der Waals surface area contributed by atoms with E-state index < -0.39 is 16.0 Å². The van der Waals surface area contributed by atoms with E-state index in [-0.39, 0.29) is 18.9 Å². The van der Waals surface area contributed by atoms with Gasteiger partial charge >= 0.3 is 0 Å². The molecule has 6 heteroatoms. The van der Waals surface area contributed by atoms with Gasteiger partial charge in [0.1, 0.15) is 0 Å². The summed E-state index contributed by atoms with van der Waals surface area (Å²) in [5.74, 6) is 0. The maximum absolute atomic E-state index is 10.8. The molecular weight excluding hydrogens is 116 g/mol. The molecule has 0 fully saturated rings. The quantitative estimate of drug-likeness (QED) is 0.443. The Hall–Kier alpha value is 0.437. The number of alkyl halides is 1. The third-order valence-electron chi connectivity index (χ3n) is 0.152. The summed E-state index contributed by atoms with van der Waals surface area (Å²) in [7, 11) is -3.83. The van der Waals surface area contributed by atoms with Crippen molar-refractivity contribution in [2.45, 2.75) is 0 Å². The van der Waals surface area contributed by atoms with Crippen LogP contribution in [0.25, 0.3) is 0 Å². The molecule has 0 aliphatic heterocycles. The Balaban J connectivity index is 0. The van der Waals surface area contributed by atoms with Gasteiger partial charge in [-0.25, -0.2) is 17.9 Å². The summed E-state index contributed by atoms with van der Waals surface area (Å²) in [4.78, 5) is 0. The Bertz CT molecular complexity index is 120. The van der Waals surface area contributed by atoms with Gasteiger partial charge in [-0.05, 0) is 0 Å². The van der Waals surface area contributed by atoms with Gasteiger partial charge in [0.15, 0.2) is 0 Å². The Morgan fingerprint density at radius 1 is 1.57 bits per heavy atom. The molecule has 0 amide bonds. The van der Waals surface area contributed by atoms with Crippen molar-refractivity contribution in [1.82, 2.24) is 0 Å². The summed E-state index contributed by atoms with van der Waals surface area (Å²) in [6, 6.07) is -1.48. The molecule has 0 aromatic rings. The predicted octanol–water partition coefficient (Wildman–Crippen LogP) is -1.18. The van der Waals surface area contributed by atoms with Crippen molar-refractivity contribution in [1.29, 1.82) is 0 Å². The van der Waals surface area contributed by atoms with E-state index in [4.69, 9.17) is 0 Å². The van der Waals surface area contributed by atoms with Crippen LogP contribution in [-0.2, 0) is 10.0 Å². The molecule has 0 rings (SSSR count). The number of primary sulfonamides is 1. The average molecular weight is 120 g/mol. The molecule has 2 N–H and O–H groups in total. The van der Waals surface area contributed by atoms with E-state index in [0.29, 0.717) is 0 Å². The van der Waals surface area contributed by atoms with Gasteiger partial charge in [-0.3, -0.25) is 0 Å². The molecule has 0 aliphatic carbocycles. The van der Waals surface area contributed by atoms with E-state index in [2.05, 4.69) is 5.14 Å². The smallest absolute Gasteiger partial charge is 0.232 e. The van der Waals surface area contributed by atoms with Gasteiger partial charge in [-0.15, -0.1) is 0 Å². The maximum Gasteiger partial charge on any atom is 0.238 e. The summed E-state index contributed by atoms with van der Waals surface area (Å²) in [6.07, 6.45) is 0. The number of nitrogens with two attached hydrogens (primary N) is 1. The third kappa shape index (κ3) is 10.7. The third-order valence-corrected chi connectivity index (χ3v) is 0.456. The maximum atomic E-state index is 10.8. The minimum Gasteiger partial charge on any atom is -0.232 e. The van der Waals surface area contributed by atoms with Crippen molar-refractivity contribution in [2.24, 2.45) is 5.14 Å². The van der Waals surface area contributed by atoms with Crippen LogP contribution in [0, 0.1) is 0 Å². The van der Waals surface area contributed by atoms with Crippen molar-refractivity contribution in [3.63, 3.8) is 0 Å². The SMILES string of the molecule is NS(=O)(=O)CF.[Li]. The van der Waals surface area contributed by atoms with E-state index in [1.165, 1.54) is 0 Å². The van der Waals surface area contributed by atoms with Gasteiger partial charge in [0.2, 0.25) is 16.0 Å². The van der Waals surface area contributed by atoms with Gasteiger partial charge in [0.25, 0.3) is 0 Å². The largest absolute Gasteiger partial charge is 0.238 e. The summed E-state index contributed by atoms with van der Waals surface area (Å²) in [5, 5.41) is 4.13. The summed E-state index contributed by atoms with van der Waals surface area (Å²) >= 11 is 0. The molecule has 0 aromatic carbocycles. The molecule has 0 saturated heterocycles. The molecule has 1 radical (unpaired) electrons. The van der Waals surface area contributed by atoms with Crippen LogP contribution < -0.4 is 5.14 Å². The Kier molecular flexibility index (Phi) is 5.12. The van der Waals surface area contributed by atoms with Gasteiger partial charge in [0, 0.05) is 18.9 Å². The number of rotatable bonds is 1. The van der Waals surface area contributed by atoms with Crippen molar-refractivity contribution >= 4 is 28.9 Å². The molecule has 3 nitrogen and oxygen atoms in total. The Labute approximate surface area is 53.3 Å². The van der Waals surface area contributed by atoms with E-state index in [1.54, 1.807) is 0 Å². The van der Waals surface area contributed by atoms with Crippen molar-refractivity contribution < 1.29 is 12.8 Å². The molecule has 0 saturated carbocycles. The van der Waals surface area contributed by atoms with Crippen LogP contribution >= 0.6 is 0 Å². The fraction of sp³-hybridized carbons (Fsp3) is 1.00. The van der Waals surface area contributed by atoms with E-state index in [1.807, 2.05) is 0 Å².